The van der Waals surface area contributed by atoms with Gasteiger partial charge in [0.1, 0.15) is 0 Å². The van der Waals surface area contributed by atoms with Crippen molar-refractivity contribution >= 4 is 0 Å². The highest BCUT2D eigenvalue weighted by molar-refractivity contribution is 4.70. The van der Waals surface area contributed by atoms with Gasteiger partial charge in [0.2, 0.25) is 0 Å². The van der Waals surface area contributed by atoms with Crippen molar-refractivity contribution in [3.63, 3.8) is 0 Å². The molecule has 0 saturated heterocycles. The summed E-state index contributed by atoms with van der Waals surface area (Å²) in [5, 5.41) is 0. The van der Waals surface area contributed by atoms with Crippen LogP contribution in [0.25, 0.3) is 0 Å². The van der Waals surface area contributed by atoms with E-state index in [4.69, 9.17) is 0 Å². The van der Waals surface area contributed by atoms with Crippen molar-refractivity contribution in [1.82, 2.24) is 0 Å². The molecule has 0 bridgehead atoms. The van der Waals surface area contributed by atoms with Crippen molar-refractivity contribution in [3.05, 3.63) is 0 Å². The second kappa shape index (κ2) is 7.31. The molecule has 0 aliphatic rings. The molecule has 0 aromatic carbocycles. The first-order valence-corrected chi connectivity index (χ1v) is 6.52. The summed E-state index contributed by atoms with van der Waals surface area (Å²) in [4.78, 5) is 0. The van der Waals surface area contributed by atoms with Crippen LogP contribution in [0, 0.1) is 23.7 Å². The van der Waals surface area contributed by atoms with E-state index in [9.17, 15) is 0 Å². The van der Waals surface area contributed by atoms with Crippen LogP contribution >= 0.6 is 0 Å². The highest BCUT2D eigenvalue weighted by Gasteiger charge is 2.20. The first-order valence-electron chi connectivity index (χ1n) is 6.52. The van der Waals surface area contributed by atoms with Gasteiger partial charge in [0.25, 0.3) is 0 Å². The van der Waals surface area contributed by atoms with Crippen LogP contribution in [0.1, 0.15) is 67.2 Å². The van der Waals surface area contributed by atoms with Crippen LogP contribution in [-0.2, 0) is 0 Å². The van der Waals surface area contributed by atoms with E-state index >= 15 is 0 Å². The monoisotopic (exact) mass is 198 g/mol. The topological polar surface area (TPSA) is 0 Å². The van der Waals surface area contributed by atoms with Crippen LogP contribution in [0.4, 0.5) is 0 Å². The van der Waals surface area contributed by atoms with E-state index in [-0.39, 0.29) is 0 Å². The molecule has 3 atom stereocenters. The highest BCUT2D eigenvalue weighted by Crippen LogP contribution is 2.30. The van der Waals surface area contributed by atoms with Gasteiger partial charge in [-0.05, 0) is 30.1 Å². The van der Waals surface area contributed by atoms with Gasteiger partial charge in [0, 0.05) is 0 Å². The molecule has 0 amide bonds. The average molecular weight is 198 g/mol. The maximum atomic E-state index is 2.45. The molecule has 0 aliphatic carbocycles. The third kappa shape index (κ3) is 5.02. The van der Waals surface area contributed by atoms with E-state index in [0.29, 0.717) is 0 Å². The highest BCUT2D eigenvalue weighted by atomic mass is 14.3. The summed E-state index contributed by atoms with van der Waals surface area (Å²) in [6.45, 7) is 14.2. The standard InChI is InChI=1S/C14H30/c1-7-12(5)13(6)14(8-2)10-9-11(3)4/h11-14H,7-10H2,1-6H3. The van der Waals surface area contributed by atoms with Crippen molar-refractivity contribution in [2.75, 3.05) is 0 Å². The molecular weight excluding hydrogens is 168 g/mol. The Balaban J connectivity index is 3.98. The lowest BCUT2D eigenvalue weighted by atomic mass is 9.78. The third-order valence-electron chi connectivity index (χ3n) is 3.92. The van der Waals surface area contributed by atoms with Crippen LogP contribution < -0.4 is 0 Å². The predicted molar refractivity (Wildman–Crippen MR) is 66.5 cm³/mol. The Kier molecular flexibility index (Phi) is 7.31. The van der Waals surface area contributed by atoms with E-state index in [2.05, 4.69) is 41.5 Å². The lowest BCUT2D eigenvalue weighted by Gasteiger charge is -2.28. The summed E-state index contributed by atoms with van der Waals surface area (Å²) >= 11 is 0. The number of rotatable bonds is 7. The van der Waals surface area contributed by atoms with Gasteiger partial charge in [-0.2, -0.15) is 0 Å². The molecule has 0 saturated carbocycles. The summed E-state index contributed by atoms with van der Waals surface area (Å²) in [6.07, 6.45) is 5.52. The van der Waals surface area contributed by atoms with Gasteiger partial charge in [-0.3, -0.25) is 0 Å². The lowest BCUT2D eigenvalue weighted by molar-refractivity contribution is 0.226. The molecular formula is C14H30. The quantitative estimate of drug-likeness (QED) is 0.532. The van der Waals surface area contributed by atoms with E-state index in [1.165, 1.54) is 25.7 Å². The summed E-state index contributed by atoms with van der Waals surface area (Å²) in [5.41, 5.74) is 0. The van der Waals surface area contributed by atoms with Crippen LogP contribution in [0.3, 0.4) is 0 Å². The van der Waals surface area contributed by atoms with Gasteiger partial charge in [-0.15, -0.1) is 0 Å². The first-order chi connectivity index (χ1) is 6.52. The van der Waals surface area contributed by atoms with Crippen molar-refractivity contribution in [1.29, 1.82) is 0 Å². The molecule has 0 radical (unpaired) electrons. The van der Waals surface area contributed by atoms with Crippen LogP contribution in [0.2, 0.25) is 0 Å². The summed E-state index contributed by atoms with van der Waals surface area (Å²) in [7, 11) is 0. The summed E-state index contributed by atoms with van der Waals surface area (Å²) in [6, 6.07) is 0. The molecule has 0 rings (SSSR count). The molecule has 0 heterocycles. The minimum Gasteiger partial charge on any atom is -0.0651 e. The maximum Gasteiger partial charge on any atom is -0.0388 e. The fourth-order valence-electron chi connectivity index (χ4n) is 2.22. The van der Waals surface area contributed by atoms with Crippen molar-refractivity contribution in [3.8, 4) is 0 Å². The fraction of sp³-hybridized carbons (Fsp3) is 1.00. The van der Waals surface area contributed by atoms with E-state index in [0.717, 1.165) is 23.7 Å². The fourth-order valence-corrected chi connectivity index (χ4v) is 2.22. The van der Waals surface area contributed by atoms with E-state index in [1.54, 1.807) is 0 Å². The van der Waals surface area contributed by atoms with Crippen molar-refractivity contribution < 1.29 is 0 Å². The lowest BCUT2D eigenvalue weighted by Crippen LogP contribution is -2.18. The molecule has 0 aliphatic heterocycles. The van der Waals surface area contributed by atoms with Crippen LogP contribution in [-0.4, -0.2) is 0 Å². The van der Waals surface area contributed by atoms with Gasteiger partial charge in [-0.1, -0.05) is 60.8 Å². The van der Waals surface area contributed by atoms with Gasteiger partial charge in [0.15, 0.2) is 0 Å². The summed E-state index contributed by atoms with van der Waals surface area (Å²) < 4.78 is 0. The summed E-state index contributed by atoms with van der Waals surface area (Å²) in [5.74, 6) is 3.62. The largest absolute Gasteiger partial charge is 0.0651 e. The van der Waals surface area contributed by atoms with Gasteiger partial charge < -0.3 is 0 Å². The Morgan fingerprint density at radius 2 is 1.36 bits per heavy atom. The molecule has 0 heteroatoms. The zero-order valence-electron chi connectivity index (χ0n) is 11.1. The van der Waals surface area contributed by atoms with Gasteiger partial charge in [-0.25, -0.2) is 0 Å². The Morgan fingerprint density at radius 3 is 1.71 bits per heavy atom. The zero-order valence-corrected chi connectivity index (χ0v) is 11.1. The molecule has 0 spiro atoms. The van der Waals surface area contributed by atoms with Gasteiger partial charge in [0.05, 0.1) is 0 Å². The van der Waals surface area contributed by atoms with E-state index in [1.807, 2.05) is 0 Å². The third-order valence-corrected chi connectivity index (χ3v) is 3.92. The van der Waals surface area contributed by atoms with Crippen LogP contribution in [0.15, 0.2) is 0 Å². The predicted octanol–water partition coefficient (Wildman–Crippen LogP) is 5.13. The first kappa shape index (κ1) is 14.0. The van der Waals surface area contributed by atoms with Crippen LogP contribution in [0.5, 0.6) is 0 Å². The Bertz CT molecular complexity index is 126. The smallest absolute Gasteiger partial charge is 0.0388 e. The molecule has 0 aromatic rings. The molecule has 0 nitrogen and oxygen atoms in total. The average Bonchev–Trinajstić information content (AvgIpc) is 2.16. The number of hydrogen-bond donors (Lipinski definition) is 0. The molecule has 14 heavy (non-hydrogen) atoms. The minimum absolute atomic E-state index is 0.869. The second-order valence-electron chi connectivity index (χ2n) is 5.38. The minimum atomic E-state index is 0.869. The molecule has 0 aromatic heterocycles. The molecule has 3 unspecified atom stereocenters. The van der Waals surface area contributed by atoms with Gasteiger partial charge >= 0.3 is 0 Å². The van der Waals surface area contributed by atoms with Crippen molar-refractivity contribution in [2.24, 2.45) is 23.7 Å². The molecule has 0 N–H and O–H groups in total. The molecule has 86 valence electrons. The van der Waals surface area contributed by atoms with Crippen molar-refractivity contribution in [2.45, 2.75) is 67.2 Å². The second-order valence-corrected chi connectivity index (χ2v) is 5.38. The zero-order chi connectivity index (χ0) is 11.1. The number of hydrogen-bond acceptors (Lipinski definition) is 0. The Morgan fingerprint density at radius 1 is 0.786 bits per heavy atom. The maximum absolute atomic E-state index is 2.45. The SMILES string of the molecule is CCC(C)C(C)C(CC)CCC(C)C. The Labute approximate surface area is 91.5 Å². The normalized spacial score (nSPS) is 18.2. The van der Waals surface area contributed by atoms with E-state index < -0.39 is 0 Å². The Hall–Kier alpha value is 0. The molecule has 0 fully saturated rings.